The van der Waals surface area contributed by atoms with E-state index in [1.165, 1.54) is 5.56 Å². The number of esters is 1. The predicted molar refractivity (Wildman–Crippen MR) is 82.7 cm³/mol. The maximum Gasteiger partial charge on any atom is 0.323 e. The summed E-state index contributed by atoms with van der Waals surface area (Å²) in [6.07, 6.45) is 0.499. The Morgan fingerprint density at radius 1 is 1.10 bits per heavy atom. The van der Waals surface area contributed by atoms with Crippen LogP contribution >= 0.6 is 0 Å². The van der Waals surface area contributed by atoms with Gasteiger partial charge in [0.25, 0.3) is 0 Å². The number of carbonyl (C=O) groups is 1. The number of hydrogen-bond donors (Lipinski definition) is 1. The van der Waals surface area contributed by atoms with Crippen molar-refractivity contribution in [1.29, 1.82) is 0 Å². The Morgan fingerprint density at radius 3 is 2.00 bits per heavy atom. The van der Waals surface area contributed by atoms with Gasteiger partial charge in [-0.15, -0.1) is 0 Å². The molecule has 0 aliphatic rings. The van der Waals surface area contributed by atoms with E-state index in [0.717, 1.165) is 5.56 Å². The van der Waals surface area contributed by atoms with Crippen molar-refractivity contribution in [2.24, 2.45) is 5.73 Å². The van der Waals surface area contributed by atoms with Gasteiger partial charge in [-0.1, -0.05) is 45.0 Å². The molecule has 0 amide bonds. The highest BCUT2D eigenvalue weighted by Crippen LogP contribution is 2.22. The summed E-state index contributed by atoms with van der Waals surface area (Å²) in [6.45, 7) is 12.1. The third-order valence-electron chi connectivity index (χ3n) is 2.99. The second-order valence-corrected chi connectivity index (χ2v) is 7.29. The van der Waals surface area contributed by atoms with E-state index in [0.29, 0.717) is 6.42 Å². The molecule has 20 heavy (non-hydrogen) atoms. The van der Waals surface area contributed by atoms with Crippen LogP contribution in [0, 0.1) is 0 Å². The van der Waals surface area contributed by atoms with Crippen molar-refractivity contribution in [3.8, 4) is 0 Å². The zero-order chi connectivity index (χ0) is 15.6. The Bertz CT molecular complexity index is 449. The summed E-state index contributed by atoms with van der Waals surface area (Å²) in [5.74, 6) is -0.350. The molecule has 3 heteroatoms. The topological polar surface area (TPSA) is 52.3 Å². The maximum atomic E-state index is 11.8. The van der Waals surface area contributed by atoms with Crippen LogP contribution in [0.25, 0.3) is 0 Å². The van der Waals surface area contributed by atoms with Gasteiger partial charge in [-0.3, -0.25) is 4.79 Å². The molecule has 0 aromatic heterocycles. The number of benzene rings is 1. The monoisotopic (exact) mass is 277 g/mol. The average Bonchev–Trinajstić information content (AvgIpc) is 2.26. The molecule has 0 aliphatic heterocycles. The van der Waals surface area contributed by atoms with Crippen molar-refractivity contribution in [3.63, 3.8) is 0 Å². The Kier molecular flexibility index (Phi) is 4.98. The van der Waals surface area contributed by atoms with E-state index in [1.54, 1.807) is 0 Å². The molecule has 1 aromatic rings. The lowest BCUT2D eigenvalue weighted by atomic mass is 9.86. The van der Waals surface area contributed by atoms with Gasteiger partial charge < -0.3 is 10.5 Å². The molecule has 0 radical (unpaired) electrons. The van der Waals surface area contributed by atoms with E-state index in [2.05, 4.69) is 32.9 Å². The van der Waals surface area contributed by atoms with E-state index in [-0.39, 0.29) is 11.4 Å². The zero-order valence-corrected chi connectivity index (χ0v) is 13.5. The van der Waals surface area contributed by atoms with Gasteiger partial charge in [0.1, 0.15) is 11.6 Å². The lowest BCUT2D eigenvalue weighted by Gasteiger charge is -2.22. The second-order valence-electron chi connectivity index (χ2n) is 7.29. The van der Waals surface area contributed by atoms with Crippen LogP contribution in [0.15, 0.2) is 24.3 Å². The first-order valence-corrected chi connectivity index (χ1v) is 7.07. The van der Waals surface area contributed by atoms with Crippen LogP contribution < -0.4 is 5.73 Å². The molecule has 1 unspecified atom stereocenters. The Hall–Kier alpha value is -1.35. The Balaban J connectivity index is 2.67. The summed E-state index contributed by atoms with van der Waals surface area (Å²) in [5, 5.41) is 0. The van der Waals surface area contributed by atoms with E-state index in [9.17, 15) is 4.79 Å². The van der Waals surface area contributed by atoms with Gasteiger partial charge in [-0.05, 0) is 43.7 Å². The predicted octanol–water partition coefficient (Wildman–Crippen LogP) is 3.20. The fourth-order valence-electron chi connectivity index (χ4n) is 1.86. The third kappa shape index (κ3) is 5.33. The largest absolute Gasteiger partial charge is 0.459 e. The first-order valence-electron chi connectivity index (χ1n) is 7.07. The minimum Gasteiger partial charge on any atom is -0.459 e. The minimum absolute atomic E-state index is 0.131. The van der Waals surface area contributed by atoms with Gasteiger partial charge in [0.15, 0.2) is 0 Å². The van der Waals surface area contributed by atoms with Crippen molar-refractivity contribution < 1.29 is 9.53 Å². The van der Waals surface area contributed by atoms with Crippen LogP contribution in [0.1, 0.15) is 52.7 Å². The van der Waals surface area contributed by atoms with Crippen LogP contribution in [0.4, 0.5) is 0 Å². The minimum atomic E-state index is -0.616. The number of hydrogen-bond acceptors (Lipinski definition) is 3. The van der Waals surface area contributed by atoms with E-state index in [1.807, 2.05) is 32.9 Å². The molecule has 1 rings (SSSR count). The third-order valence-corrected chi connectivity index (χ3v) is 2.99. The summed E-state index contributed by atoms with van der Waals surface area (Å²) in [4.78, 5) is 11.8. The molecule has 2 N–H and O–H groups in total. The lowest BCUT2D eigenvalue weighted by Crippen LogP contribution is -2.38. The normalized spacial score (nSPS) is 13.9. The smallest absolute Gasteiger partial charge is 0.323 e. The zero-order valence-electron chi connectivity index (χ0n) is 13.5. The van der Waals surface area contributed by atoms with Crippen LogP contribution in [0.3, 0.4) is 0 Å². The van der Waals surface area contributed by atoms with Gasteiger partial charge in [0.05, 0.1) is 0 Å². The number of nitrogens with two attached hydrogens (primary N) is 1. The second kappa shape index (κ2) is 5.96. The molecule has 0 heterocycles. The van der Waals surface area contributed by atoms with E-state index in [4.69, 9.17) is 10.5 Å². The molecule has 0 saturated carbocycles. The van der Waals surface area contributed by atoms with Crippen molar-refractivity contribution >= 4 is 5.97 Å². The van der Waals surface area contributed by atoms with Crippen LogP contribution in [-0.2, 0) is 21.4 Å². The van der Waals surface area contributed by atoms with Crippen molar-refractivity contribution in [1.82, 2.24) is 0 Å². The van der Waals surface area contributed by atoms with E-state index >= 15 is 0 Å². The van der Waals surface area contributed by atoms with Crippen molar-refractivity contribution in [2.75, 3.05) is 0 Å². The van der Waals surface area contributed by atoms with Crippen LogP contribution in [0.2, 0.25) is 0 Å². The first kappa shape index (κ1) is 16.7. The molecular formula is C17H27NO2. The molecular weight excluding hydrogens is 250 g/mol. The van der Waals surface area contributed by atoms with Gasteiger partial charge >= 0.3 is 5.97 Å². The standard InChI is InChI=1S/C17H27NO2/c1-16(2,3)13-9-7-12(8-10-13)11-14(18)15(19)20-17(4,5)6/h7-10,14H,11,18H2,1-6H3. The fourth-order valence-corrected chi connectivity index (χ4v) is 1.86. The summed E-state index contributed by atoms with van der Waals surface area (Å²) < 4.78 is 5.29. The van der Waals surface area contributed by atoms with Gasteiger partial charge in [0.2, 0.25) is 0 Å². The SMILES string of the molecule is CC(C)(C)OC(=O)C(N)Cc1ccc(C(C)(C)C)cc1. The highest BCUT2D eigenvalue weighted by Gasteiger charge is 2.22. The number of ether oxygens (including phenoxy) is 1. The summed E-state index contributed by atoms with van der Waals surface area (Å²) >= 11 is 0. The van der Waals surface area contributed by atoms with Gasteiger partial charge in [-0.25, -0.2) is 0 Å². The van der Waals surface area contributed by atoms with Gasteiger partial charge in [0, 0.05) is 0 Å². The number of rotatable bonds is 3. The fraction of sp³-hybridized carbons (Fsp3) is 0.588. The molecule has 0 aliphatic carbocycles. The highest BCUT2D eigenvalue weighted by molar-refractivity contribution is 5.76. The molecule has 0 spiro atoms. The highest BCUT2D eigenvalue weighted by atomic mass is 16.6. The molecule has 0 fully saturated rings. The average molecular weight is 277 g/mol. The van der Waals surface area contributed by atoms with Crippen molar-refractivity contribution in [3.05, 3.63) is 35.4 Å². The summed E-state index contributed by atoms with van der Waals surface area (Å²) in [7, 11) is 0. The summed E-state index contributed by atoms with van der Waals surface area (Å²) in [5.41, 5.74) is 7.86. The molecule has 112 valence electrons. The molecule has 1 aromatic carbocycles. The molecule has 1 atom stereocenters. The van der Waals surface area contributed by atoms with Gasteiger partial charge in [-0.2, -0.15) is 0 Å². The quantitative estimate of drug-likeness (QED) is 0.863. The first-order chi connectivity index (χ1) is 8.99. The Morgan fingerprint density at radius 2 is 1.60 bits per heavy atom. The van der Waals surface area contributed by atoms with Crippen LogP contribution in [-0.4, -0.2) is 17.6 Å². The lowest BCUT2D eigenvalue weighted by molar-refractivity contribution is -0.156. The molecule has 3 nitrogen and oxygen atoms in total. The molecule has 0 bridgehead atoms. The Labute approximate surface area is 122 Å². The summed E-state index contributed by atoms with van der Waals surface area (Å²) in [6, 6.07) is 7.64. The maximum absolute atomic E-state index is 11.8. The number of carbonyl (C=O) groups excluding carboxylic acids is 1. The van der Waals surface area contributed by atoms with E-state index < -0.39 is 11.6 Å². The van der Waals surface area contributed by atoms with Crippen molar-refractivity contribution in [2.45, 2.75) is 65.0 Å². The van der Waals surface area contributed by atoms with Crippen LogP contribution in [0.5, 0.6) is 0 Å². The molecule has 0 saturated heterocycles.